The molecule has 1 aromatic heterocycles. The smallest absolute Gasteiger partial charge is 0.0495 e. The fraction of sp³-hybridized carbons (Fsp3) is 0.500. The molecule has 0 aliphatic carbocycles. The van der Waals surface area contributed by atoms with Gasteiger partial charge in [-0.25, -0.2) is 0 Å². The zero-order valence-corrected chi connectivity index (χ0v) is 11.1. The highest BCUT2D eigenvalue weighted by molar-refractivity contribution is 5.80. The molecule has 0 saturated carbocycles. The molecule has 1 aliphatic heterocycles. The van der Waals surface area contributed by atoms with Crippen LogP contribution in [0.2, 0.25) is 0 Å². The van der Waals surface area contributed by atoms with Crippen LogP contribution in [0.25, 0.3) is 10.9 Å². The number of fused-ring (bicyclic) bond motifs is 1. The zero-order chi connectivity index (χ0) is 12.4. The summed E-state index contributed by atoms with van der Waals surface area (Å²) in [5.74, 6) is 0.761. The van der Waals surface area contributed by atoms with Crippen LogP contribution < -0.4 is 0 Å². The second-order valence-corrected chi connectivity index (χ2v) is 5.27. The Bertz CT molecular complexity index is 523. The van der Waals surface area contributed by atoms with Crippen LogP contribution in [-0.2, 0) is 17.7 Å². The van der Waals surface area contributed by atoms with Crippen LogP contribution in [0.4, 0.5) is 0 Å². The molecule has 2 heteroatoms. The predicted molar refractivity (Wildman–Crippen MR) is 74.9 cm³/mol. The van der Waals surface area contributed by atoms with Crippen molar-refractivity contribution in [2.45, 2.75) is 32.7 Å². The minimum Gasteiger partial charge on any atom is -0.381 e. The molecule has 1 aromatic carbocycles. The number of ether oxygens (including phenoxy) is 1. The van der Waals surface area contributed by atoms with Crippen molar-refractivity contribution in [3.05, 3.63) is 36.0 Å². The van der Waals surface area contributed by atoms with Crippen LogP contribution >= 0.6 is 0 Å². The lowest BCUT2D eigenvalue weighted by Gasteiger charge is -2.09. The van der Waals surface area contributed by atoms with Gasteiger partial charge in [0.15, 0.2) is 0 Å². The van der Waals surface area contributed by atoms with Gasteiger partial charge < -0.3 is 9.30 Å². The van der Waals surface area contributed by atoms with E-state index in [-0.39, 0.29) is 0 Å². The lowest BCUT2D eigenvalue weighted by molar-refractivity contribution is 0.183. The average Bonchev–Trinajstić information content (AvgIpc) is 3.05. The highest BCUT2D eigenvalue weighted by Gasteiger charge is 2.15. The third kappa shape index (κ3) is 2.30. The average molecular weight is 243 g/mol. The van der Waals surface area contributed by atoms with E-state index in [1.165, 1.54) is 29.3 Å². The third-order valence-corrected chi connectivity index (χ3v) is 4.05. The number of hydrogen-bond donors (Lipinski definition) is 0. The maximum Gasteiger partial charge on any atom is 0.0495 e. The Morgan fingerprint density at radius 3 is 3.06 bits per heavy atom. The van der Waals surface area contributed by atoms with Crippen molar-refractivity contribution in [1.82, 2.24) is 4.57 Å². The summed E-state index contributed by atoms with van der Waals surface area (Å²) < 4.78 is 7.82. The quantitative estimate of drug-likeness (QED) is 0.800. The largest absolute Gasteiger partial charge is 0.381 e. The van der Waals surface area contributed by atoms with E-state index in [9.17, 15) is 0 Å². The number of nitrogens with zero attached hydrogens (tertiary/aromatic N) is 1. The minimum atomic E-state index is 0.761. The van der Waals surface area contributed by atoms with Crippen LogP contribution in [-0.4, -0.2) is 17.8 Å². The van der Waals surface area contributed by atoms with E-state index in [4.69, 9.17) is 4.74 Å². The van der Waals surface area contributed by atoms with Crippen molar-refractivity contribution in [3.63, 3.8) is 0 Å². The molecule has 1 unspecified atom stereocenters. The third-order valence-electron chi connectivity index (χ3n) is 4.05. The van der Waals surface area contributed by atoms with Gasteiger partial charge in [0.25, 0.3) is 0 Å². The Labute approximate surface area is 109 Å². The standard InChI is InChI=1S/C16H21NO/c1-2-13-3-4-16-15(11-13)6-9-17(16)8-5-14-7-10-18-12-14/h3-4,6,9,11,14H,2,5,7-8,10,12H2,1H3. The maximum absolute atomic E-state index is 5.44. The topological polar surface area (TPSA) is 14.2 Å². The van der Waals surface area contributed by atoms with Gasteiger partial charge in [0.05, 0.1) is 0 Å². The first-order valence-corrected chi connectivity index (χ1v) is 7.02. The van der Waals surface area contributed by atoms with Crippen molar-refractivity contribution in [2.75, 3.05) is 13.2 Å². The van der Waals surface area contributed by atoms with Gasteiger partial charge in [-0.1, -0.05) is 13.0 Å². The van der Waals surface area contributed by atoms with Gasteiger partial charge in [0.2, 0.25) is 0 Å². The molecule has 1 fully saturated rings. The normalized spacial score (nSPS) is 19.7. The molecular weight excluding hydrogens is 222 g/mol. The minimum absolute atomic E-state index is 0.761. The van der Waals surface area contributed by atoms with E-state index in [0.717, 1.165) is 32.1 Å². The summed E-state index contributed by atoms with van der Waals surface area (Å²) in [5.41, 5.74) is 2.79. The van der Waals surface area contributed by atoms with Crippen LogP contribution in [0, 0.1) is 5.92 Å². The van der Waals surface area contributed by atoms with Gasteiger partial charge in [-0.15, -0.1) is 0 Å². The van der Waals surface area contributed by atoms with E-state index in [1.54, 1.807) is 0 Å². The summed E-state index contributed by atoms with van der Waals surface area (Å²) in [4.78, 5) is 0. The number of rotatable bonds is 4. The number of aromatic nitrogens is 1. The van der Waals surface area contributed by atoms with E-state index in [0.29, 0.717) is 0 Å². The number of hydrogen-bond acceptors (Lipinski definition) is 1. The van der Waals surface area contributed by atoms with Crippen molar-refractivity contribution in [2.24, 2.45) is 5.92 Å². The maximum atomic E-state index is 5.44. The van der Waals surface area contributed by atoms with Gasteiger partial charge >= 0.3 is 0 Å². The summed E-state index contributed by atoms with van der Waals surface area (Å²) in [6.45, 7) is 5.23. The molecule has 0 amide bonds. The Hall–Kier alpha value is -1.28. The lowest BCUT2D eigenvalue weighted by Crippen LogP contribution is -2.05. The number of aryl methyl sites for hydroxylation is 2. The first-order valence-electron chi connectivity index (χ1n) is 7.02. The molecule has 3 rings (SSSR count). The van der Waals surface area contributed by atoms with Crippen LogP contribution in [0.3, 0.4) is 0 Å². The molecule has 18 heavy (non-hydrogen) atoms. The van der Waals surface area contributed by atoms with Gasteiger partial charge in [-0.05, 0) is 54.3 Å². The summed E-state index contributed by atoms with van der Waals surface area (Å²) in [6, 6.07) is 9.06. The van der Waals surface area contributed by atoms with Gasteiger partial charge in [-0.2, -0.15) is 0 Å². The molecule has 0 radical (unpaired) electrons. The van der Waals surface area contributed by atoms with Gasteiger partial charge in [-0.3, -0.25) is 0 Å². The van der Waals surface area contributed by atoms with E-state index in [2.05, 4.69) is 42.0 Å². The molecule has 1 aliphatic rings. The van der Waals surface area contributed by atoms with Crippen molar-refractivity contribution < 1.29 is 4.74 Å². The lowest BCUT2D eigenvalue weighted by atomic mass is 10.1. The highest BCUT2D eigenvalue weighted by atomic mass is 16.5. The first-order chi connectivity index (χ1) is 8.86. The van der Waals surface area contributed by atoms with Crippen LogP contribution in [0.15, 0.2) is 30.5 Å². The molecule has 2 aromatic rings. The van der Waals surface area contributed by atoms with Gasteiger partial charge in [0, 0.05) is 31.5 Å². The zero-order valence-electron chi connectivity index (χ0n) is 11.1. The summed E-state index contributed by atoms with van der Waals surface area (Å²) in [5, 5.41) is 1.37. The van der Waals surface area contributed by atoms with Crippen LogP contribution in [0.1, 0.15) is 25.3 Å². The SMILES string of the molecule is CCc1ccc2c(ccn2CCC2CCOC2)c1. The van der Waals surface area contributed by atoms with Crippen molar-refractivity contribution >= 4 is 10.9 Å². The molecule has 96 valence electrons. The fourth-order valence-electron chi connectivity index (χ4n) is 2.80. The number of benzene rings is 1. The van der Waals surface area contributed by atoms with E-state index >= 15 is 0 Å². The summed E-state index contributed by atoms with van der Waals surface area (Å²) in [7, 11) is 0. The molecule has 2 heterocycles. The molecule has 1 atom stereocenters. The molecular formula is C16H21NO. The highest BCUT2D eigenvalue weighted by Crippen LogP contribution is 2.21. The summed E-state index contributed by atoms with van der Waals surface area (Å²) >= 11 is 0. The molecule has 0 bridgehead atoms. The fourth-order valence-corrected chi connectivity index (χ4v) is 2.80. The Morgan fingerprint density at radius 1 is 1.33 bits per heavy atom. The van der Waals surface area contributed by atoms with Gasteiger partial charge in [0.1, 0.15) is 0 Å². The molecule has 1 saturated heterocycles. The second kappa shape index (κ2) is 5.15. The Kier molecular flexibility index (Phi) is 3.37. The molecule has 0 spiro atoms. The monoisotopic (exact) mass is 243 g/mol. The second-order valence-electron chi connectivity index (χ2n) is 5.27. The van der Waals surface area contributed by atoms with Crippen molar-refractivity contribution in [3.8, 4) is 0 Å². The molecule has 0 N–H and O–H groups in total. The van der Waals surface area contributed by atoms with Crippen molar-refractivity contribution in [1.29, 1.82) is 0 Å². The molecule has 2 nitrogen and oxygen atoms in total. The Morgan fingerprint density at radius 2 is 2.28 bits per heavy atom. The summed E-state index contributed by atoms with van der Waals surface area (Å²) in [6.07, 6.45) is 5.80. The van der Waals surface area contributed by atoms with E-state index in [1.807, 2.05) is 0 Å². The first kappa shape index (κ1) is 11.8. The van der Waals surface area contributed by atoms with E-state index < -0.39 is 0 Å². The van der Waals surface area contributed by atoms with Crippen LogP contribution in [0.5, 0.6) is 0 Å². The Balaban J connectivity index is 1.75. The predicted octanol–water partition coefficient (Wildman–Crippen LogP) is 3.63.